The highest BCUT2D eigenvalue weighted by Gasteiger charge is 2.41. The van der Waals surface area contributed by atoms with Gasteiger partial charge in [0, 0.05) is 32.0 Å². The Hall–Kier alpha value is -3.41. The number of benzene rings is 1. The van der Waals surface area contributed by atoms with Gasteiger partial charge in [-0.05, 0) is 56.0 Å². The number of methoxy groups -OCH3 is 1. The molecule has 0 atom stereocenters. The molecule has 1 aromatic carbocycles. The number of hydrogen-bond donors (Lipinski definition) is 3. The first-order chi connectivity index (χ1) is 17.9. The summed E-state index contributed by atoms with van der Waals surface area (Å²) in [6.07, 6.45) is 3.19. The molecule has 0 spiro atoms. The smallest absolute Gasteiger partial charge is 0.230 e. The average molecular weight is 511 g/mol. The van der Waals surface area contributed by atoms with Crippen LogP contribution in [0.1, 0.15) is 31.9 Å². The van der Waals surface area contributed by atoms with E-state index >= 15 is 0 Å². The molecular formula is C26H31FN6O4. The SMILES string of the molecule is COCCNc1nccc(-c2[nH]c(C3OCC(C)(C(=O)NCC4CC4)CO3)nc2-c2ccc(F)cc2)n1. The molecule has 0 bridgehead atoms. The van der Waals surface area contributed by atoms with Gasteiger partial charge in [0.2, 0.25) is 18.1 Å². The monoisotopic (exact) mass is 510 g/mol. The second-order valence-electron chi connectivity index (χ2n) is 9.71. The van der Waals surface area contributed by atoms with E-state index in [0.29, 0.717) is 60.0 Å². The molecule has 2 aromatic heterocycles. The number of rotatable bonds is 10. The van der Waals surface area contributed by atoms with Gasteiger partial charge in [0.05, 0.1) is 42.3 Å². The van der Waals surface area contributed by atoms with Gasteiger partial charge in [-0.25, -0.2) is 19.3 Å². The number of amides is 1. The molecule has 3 heterocycles. The first-order valence-electron chi connectivity index (χ1n) is 12.4. The number of ether oxygens (including phenoxy) is 3. The number of carbonyl (C=O) groups excluding carboxylic acids is 1. The van der Waals surface area contributed by atoms with E-state index in [-0.39, 0.29) is 24.9 Å². The summed E-state index contributed by atoms with van der Waals surface area (Å²) in [4.78, 5) is 29.6. The second kappa shape index (κ2) is 10.9. The third-order valence-corrected chi connectivity index (χ3v) is 6.47. The number of H-pyrrole nitrogens is 1. The lowest BCUT2D eigenvalue weighted by Gasteiger charge is -2.35. The fourth-order valence-electron chi connectivity index (χ4n) is 4.02. The van der Waals surface area contributed by atoms with E-state index in [1.54, 1.807) is 31.5 Å². The average Bonchev–Trinajstić information content (AvgIpc) is 3.64. The van der Waals surface area contributed by atoms with Gasteiger partial charge >= 0.3 is 0 Å². The molecule has 11 heteroatoms. The number of carbonyl (C=O) groups is 1. The fourth-order valence-corrected chi connectivity index (χ4v) is 4.02. The molecule has 1 amide bonds. The Morgan fingerprint density at radius 1 is 1.19 bits per heavy atom. The van der Waals surface area contributed by atoms with Crippen LogP contribution in [0.25, 0.3) is 22.6 Å². The van der Waals surface area contributed by atoms with Crippen molar-refractivity contribution < 1.29 is 23.4 Å². The highest BCUT2D eigenvalue weighted by molar-refractivity contribution is 5.82. The van der Waals surface area contributed by atoms with Crippen LogP contribution < -0.4 is 10.6 Å². The molecule has 196 valence electrons. The predicted octanol–water partition coefficient (Wildman–Crippen LogP) is 3.31. The van der Waals surface area contributed by atoms with Crippen LogP contribution in [0, 0.1) is 17.2 Å². The Bertz CT molecular complexity index is 1220. The van der Waals surface area contributed by atoms with Gasteiger partial charge in [-0.15, -0.1) is 0 Å². The highest BCUT2D eigenvalue weighted by atomic mass is 19.1. The second-order valence-corrected chi connectivity index (χ2v) is 9.71. The zero-order valence-corrected chi connectivity index (χ0v) is 20.9. The van der Waals surface area contributed by atoms with Crippen LogP contribution in [-0.4, -0.2) is 65.9 Å². The van der Waals surface area contributed by atoms with Gasteiger partial charge in [-0.1, -0.05) is 0 Å². The van der Waals surface area contributed by atoms with Crippen molar-refractivity contribution in [2.75, 3.05) is 45.3 Å². The molecule has 0 radical (unpaired) electrons. The van der Waals surface area contributed by atoms with Crippen molar-refractivity contribution in [2.24, 2.45) is 11.3 Å². The first kappa shape index (κ1) is 25.2. The Morgan fingerprint density at radius 3 is 2.65 bits per heavy atom. The first-order valence-corrected chi connectivity index (χ1v) is 12.4. The lowest BCUT2D eigenvalue weighted by atomic mass is 9.91. The van der Waals surface area contributed by atoms with Crippen molar-refractivity contribution in [1.29, 1.82) is 0 Å². The summed E-state index contributed by atoms with van der Waals surface area (Å²) in [5, 5.41) is 6.13. The lowest BCUT2D eigenvalue weighted by Crippen LogP contribution is -2.49. The molecule has 3 aromatic rings. The Kier molecular flexibility index (Phi) is 7.45. The Morgan fingerprint density at radius 2 is 1.95 bits per heavy atom. The quantitative estimate of drug-likeness (QED) is 0.355. The minimum atomic E-state index is -0.793. The van der Waals surface area contributed by atoms with E-state index in [0.717, 1.165) is 0 Å². The molecule has 2 aliphatic rings. The lowest BCUT2D eigenvalue weighted by molar-refractivity contribution is -0.231. The topological polar surface area (TPSA) is 123 Å². The number of halogens is 1. The fraction of sp³-hybridized carbons (Fsp3) is 0.462. The summed E-state index contributed by atoms with van der Waals surface area (Å²) < 4.78 is 30.6. The van der Waals surface area contributed by atoms with E-state index in [4.69, 9.17) is 19.2 Å². The van der Waals surface area contributed by atoms with E-state index in [1.807, 2.05) is 6.92 Å². The summed E-state index contributed by atoms with van der Waals surface area (Å²) >= 11 is 0. The number of imidazole rings is 1. The van der Waals surface area contributed by atoms with Crippen LogP contribution in [0.5, 0.6) is 0 Å². The van der Waals surface area contributed by atoms with Crippen molar-refractivity contribution in [2.45, 2.75) is 26.1 Å². The molecule has 0 unspecified atom stereocenters. The minimum Gasteiger partial charge on any atom is -0.383 e. The predicted molar refractivity (Wildman–Crippen MR) is 134 cm³/mol. The van der Waals surface area contributed by atoms with Crippen LogP contribution in [0.2, 0.25) is 0 Å². The summed E-state index contributed by atoms with van der Waals surface area (Å²) in [5.41, 5.74) is 1.69. The van der Waals surface area contributed by atoms with Gasteiger partial charge < -0.3 is 29.8 Å². The van der Waals surface area contributed by atoms with E-state index < -0.39 is 11.7 Å². The maximum Gasteiger partial charge on any atom is 0.230 e. The van der Waals surface area contributed by atoms with Crippen LogP contribution >= 0.6 is 0 Å². The molecular weight excluding hydrogens is 479 g/mol. The highest BCUT2D eigenvalue weighted by Crippen LogP contribution is 2.36. The van der Waals surface area contributed by atoms with Crippen LogP contribution in [0.15, 0.2) is 36.5 Å². The van der Waals surface area contributed by atoms with Crippen molar-refractivity contribution in [3.63, 3.8) is 0 Å². The molecule has 37 heavy (non-hydrogen) atoms. The number of anilines is 1. The van der Waals surface area contributed by atoms with Crippen molar-refractivity contribution in [3.05, 3.63) is 48.2 Å². The zero-order valence-electron chi connectivity index (χ0n) is 20.9. The van der Waals surface area contributed by atoms with Gasteiger partial charge in [0.15, 0.2) is 5.82 Å². The molecule has 2 fully saturated rings. The minimum absolute atomic E-state index is 0.0699. The molecule has 1 aliphatic heterocycles. The van der Waals surface area contributed by atoms with Crippen molar-refractivity contribution in [3.8, 4) is 22.6 Å². The standard InChI is InChI=1S/C26H31FN6O4/c1-26(24(34)30-13-16-3-4-16)14-36-23(37-15-26)22-32-20(17-5-7-18(27)8-6-17)21(33-22)19-9-10-28-25(31-19)29-11-12-35-2/h5-10,16,23H,3-4,11-15H2,1-2H3,(H,30,34)(H,32,33)(H,28,29,31). The summed E-state index contributed by atoms with van der Waals surface area (Å²) in [6.45, 7) is 3.98. The van der Waals surface area contributed by atoms with E-state index in [9.17, 15) is 9.18 Å². The largest absolute Gasteiger partial charge is 0.383 e. The van der Waals surface area contributed by atoms with Crippen molar-refractivity contribution >= 4 is 11.9 Å². The van der Waals surface area contributed by atoms with Crippen LogP contribution in [0.4, 0.5) is 10.3 Å². The Balaban J connectivity index is 1.38. The van der Waals surface area contributed by atoms with Gasteiger partial charge in [-0.2, -0.15) is 0 Å². The van der Waals surface area contributed by atoms with Gasteiger partial charge in [0.25, 0.3) is 0 Å². The summed E-state index contributed by atoms with van der Waals surface area (Å²) in [5.74, 6) is 1.05. The van der Waals surface area contributed by atoms with Crippen LogP contribution in [-0.2, 0) is 19.0 Å². The summed E-state index contributed by atoms with van der Waals surface area (Å²) in [6, 6.07) is 7.83. The van der Waals surface area contributed by atoms with Gasteiger partial charge in [-0.3, -0.25) is 4.79 Å². The summed E-state index contributed by atoms with van der Waals surface area (Å²) in [7, 11) is 1.62. The molecule has 1 saturated carbocycles. The van der Waals surface area contributed by atoms with Gasteiger partial charge in [0.1, 0.15) is 5.82 Å². The number of nitrogens with zero attached hydrogens (tertiary/aromatic N) is 3. The third-order valence-electron chi connectivity index (χ3n) is 6.47. The van der Waals surface area contributed by atoms with E-state index in [1.165, 1.54) is 25.0 Å². The van der Waals surface area contributed by atoms with E-state index in [2.05, 4.69) is 25.6 Å². The zero-order chi connectivity index (χ0) is 25.8. The maximum absolute atomic E-state index is 13.6. The number of aromatic nitrogens is 4. The Labute approximate surface area is 214 Å². The normalized spacial score (nSPS) is 21.5. The number of nitrogens with one attached hydrogen (secondary N) is 3. The molecule has 1 saturated heterocycles. The van der Waals surface area contributed by atoms with Crippen molar-refractivity contribution in [1.82, 2.24) is 25.3 Å². The molecule has 5 rings (SSSR count). The third kappa shape index (κ3) is 5.95. The maximum atomic E-state index is 13.6. The number of aromatic amines is 1. The molecule has 1 aliphatic carbocycles. The van der Waals surface area contributed by atoms with Crippen LogP contribution in [0.3, 0.4) is 0 Å². The number of hydrogen-bond acceptors (Lipinski definition) is 8. The molecule has 10 nitrogen and oxygen atoms in total. The molecule has 3 N–H and O–H groups in total.